The molecule has 0 spiro atoms. The van der Waals surface area contributed by atoms with E-state index in [0.717, 1.165) is 31.8 Å². The first-order valence-corrected chi connectivity index (χ1v) is 7.05. The van der Waals surface area contributed by atoms with Crippen molar-refractivity contribution in [1.29, 1.82) is 0 Å². The Balaban J connectivity index is 1.83. The standard InChI is InChI=1S/C14H27NO/c1-12(2)11-15-9-7-14(16,8-10-15)13-5-3-4-6-13/h12-13,16H,3-11H2,1-2H3. The summed E-state index contributed by atoms with van der Waals surface area (Å²) in [5.41, 5.74) is -0.315. The van der Waals surface area contributed by atoms with E-state index in [2.05, 4.69) is 18.7 Å². The lowest BCUT2D eigenvalue weighted by molar-refractivity contribution is -0.0665. The molecule has 1 saturated heterocycles. The van der Waals surface area contributed by atoms with Gasteiger partial charge in [0.25, 0.3) is 0 Å². The fourth-order valence-electron chi connectivity index (χ4n) is 3.51. The van der Waals surface area contributed by atoms with Crippen LogP contribution in [0.25, 0.3) is 0 Å². The lowest BCUT2D eigenvalue weighted by Gasteiger charge is -2.42. The Bertz CT molecular complexity index is 213. The minimum absolute atomic E-state index is 0.315. The Kier molecular flexibility index (Phi) is 3.91. The van der Waals surface area contributed by atoms with Crippen molar-refractivity contribution in [3.63, 3.8) is 0 Å². The van der Waals surface area contributed by atoms with E-state index in [1.165, 1.54) is 32.2 Å². The summed E-state index contributed by atoms with van der Waals surface area (Å²) in [6.07, 6.45) is 7.21. The van der Waals surface area contributed by atoms with E-state index in [0.29, 0.717) is 5.92 Å². The molecule has 0 aromatic rings. The molecule has 1 saturated carbocycles. The van der Waals surface area contributed by atoms with Crippen LogP contribution in [0.2, 0.25) is 0 Å². The quantitative estimate of drug-likeness (QED) is 0.798. The van der Waals surface area contributed by atoms with Gasteiger partial charge >= 0.3 is 0 Å². The van der Waals surface area contributed by atoms with Crippen LogP contribution >= 0.6 is 0 Å². The smallest absolute Gasteiger partial charge is 0.0700 e. The third kappa shape index (κ3) is 2.78. The molecule has 16 heavy (non-hydrogen) atoms. The molecule has 2 fully saturated rings. The second-order valence-corrected chi connectivity index (χ2v) is 6.28. The van der Waals surface area contributed by atoms with Crippen LogP contribution in [0.15, 0.2) is 0 Å². The molecule has 1 aliphatic carbocycles. The van der Waals surface area contributed by atoms with Crippen molar-refractivity contribution in [2.45, 2.75) is 58.0 Å². The molecule has 0 aromatic heterocycles. The SMILES string of the molecule is CC(C)CN1CCC(O)(C2CCCC2)CC1. The van der Waals surface area contributed by atoms with Crippen molar-refractivity contribution in [3.05, 3.63) is 0 Å². The summed E-state index contributed by atoms with van der Waals surface area (Å²) in [6.45, 7) is 7.95. The van der Waals surface area contributed by atoms with E-state index in [1.807, 2.05) is 0 Å². The van der Waals surface area contributed by atoms with Crippen molar-refractivity contribution in [1.82, 2.24) is 4.90 Å². The van der Waals surface area contributed by atoms with Crippen LogP contribution in [0.3, 0.4) is 0 Å². The van der Waals surface area contributed by atoms with E-state index in [9.17, 15) is 5.11 Å². The van der Waals surface area contributed by atoms with Gasteiger partial charge < -0.3 is 10.0 Å². The van der Waals surface area contributed by atoms with E-state index in [-0.39, 0.29) is 5.60 Å². The molecule has 2 heteroatoms. The summed E-state index contributed by atoms with van der Waals surface area (Å²) in [5, 5.41) is 10.7. The van der Waals surface area contributed by atoms with Gasteiger partial charge in [-0.05, 0) is 37.5 Å². The average molecular weight is 225 g/mol. The number of aliphatic hydroxyl groups is 1. The highest BCUT2D eigenvalue weighted by Gasteiger charge is 2.40. The molecule has 0 bridgehead atoms. The van der Waals surface area contributed by atoms with Crippen LogP contribution in [0.1, 0.15) is 52.4 Å². The van der Waals surface area contributed by atoms with Crippen LogP contribution in [0.5, 0.6) is 0 Å². The van der Waals surface area contributed by atoms with Crippen LogP contribution in [-0.2, 0) is 0 Å². The first-order chi connectivity index (χ1) is 7.60. The second kappa shape index (κ2) is 5.05. The molecular weight excluding hydrogens is 198 g/mol. The number of hydrogen-bond acceptors (Lipinski definition) is 2. The van der Waals surface area contributed by atoms with Crippen LogP contribution in [0, 0.1) is 11.8 Å². The van der Waals surface area contributed by atoms with Gasteiger partial charge in [0.1, 0.15) is 0 Å². The molecule has 1 N–H and O–H groups in total. The van der Waals surface area contributed by atoms with Crippen molar-refractivity contribution >= 4 is 0 Å². The minimum atomic E-state index is -0.315. The van der Waals surface area contributed by atoms with Crippen LogP contribution in [-0.4, -0.2) is 35.2 Å². The summed E-state index contributed by atoms with van der Waals surface area (Å²) in [5.74, 6) is 1.35. The van der Waals surface area contributed by atoms with Gasteiger partial charge in [-0.2, -0.15) is 0 Å². The minimum Gasteiger partial charge on any atom is -0.390 e. The molecule has 2 nitrogen and oxygen atoms in total. The normalized spacial score (nSPS) is 27.8. The molecule has 1 heterocycles. The first kappa shape index (κ1) is 12.4. The Morgan fingerprint density at radius 3 is 2.25 bits per heavy atom. The van der Waals surface area contributed by atoms with Crippen molar-refractivity contribution in [2.24, 2.45) is 11.8 Å². The number of rotatable bonds is 3. The van der Waals surface area contributed by atoms with Crippen molar-refractivity contribution in [3.8, 4) is 0 Å². The summed E-state index contributed by atoms with van der Waals surface area (Å²) in [6, 6.07) is 0. The highest BCUT2D eigenvalue weighted by molar-refractivity contribution is 4.93. The highest BCUT2D eigenvalue weighted by atomic mass is 16.3. The molecular formula is C14H27NO. The Morgan fingerprint density at radius 1 is 1.19 bits per heavy atom. The molecule has 0 amide bonds. The van der Waals surface area contributed by atoms with Gasteiger partial charge in [-0.25, -0.2) is 0 Å². The second-order valence-electron chi connectivity index (χ2n) is 6.28. The molecule has 0 radical (unpaired) electrons. The van der Waals surface area contributed by atoms with Crippen molar-refractivity contribution in [2.75, 3.05) is 19.6 Å². The van der Waals surface area contributed by atoms with Gasteiger partial charge in [0, 0.05) is 19.6 Å². The topological polar surface area (TPSA) is 23.5 Å². The van der Waals surface area contributed by atoms with Crippen LogP contribution in [0.4, 0.5) is 0 Å². The summed E-state index contributed by atoms with van der Waals surface area (Å²) < 4.78 is 0. The van der Waals surface area contributed by atoms with Gasteiger partial charge in [0.15, 0.2) is 0 Å². The fourth-order valence-corrected chi connectivity index (χ4v) is 3.51. The zero-order chi connectivity index (χ0) is 11.6. The Hall–Kier alpha value is -0.0800. The highest BCUT2D eigenvalue weighted by Crippen LogP contribution is 2.40. The monoisotopic (exact) mass is 225 g/mol. The maximum atomic E-state index is 10.7. The van der Waals surface area contributed by atoms with Gasteiger partial charge in [0.05, 0.1) is 5.60 Å². The summed E-state index contributed by atoms with van der Waals surface area (Å²) in [7, 11) is 0. The largest absolute Gasteiger partial charge is 0.390 e. The Labute approximate surface area is 100 Å². The third-order valence-electron chi connectivity index (χ3n) is 4.46. The first-order valence-electron chi connectivity index (χ1n) is 7.05. The molecule has 94 valence electrons. The number of piperidine rings is 1. The zero-order valence-corrected chi connectivity index (χ0v) is 10.9. The molecule has 0 aromatic carbocycles. The Morgan fingerprint density at radius 2 is 1.75 bits per heavy atom. The predicted octanol–water partition coefficient (Wildman–Crippen LogP) is 2.66. The molecule has 0 atom stereocenters. The van der Waals surface area contributed by atoms with Crippen molar-refractivity contribution < 1.29 is 5.11 Å². The summed E-state index contributed by atoms with van der Waals surface area (Å²) >= 11 is 0. The van der Waals surface area contributed by atoms with E-state index in [1.54, 1.807) is 0 Å². The maximum absolute atomic E-state index is 10.7. The average Bonchev–Trinajstić information content (AvgIpc) is 2.75. The van der Waals surface area contributed by atoms with Crippen LogP contribution < -0.4 is 0 Å². The lowest BCUT2D eigenvalue weighted by atomic mass is 9.78. The lowest BCUT2D eigenvalue weighted by Crippen LogP contribution is -2.48. The molecule has 1 aliphatic heterocycles. The van der Waals surface area contributed by atoms with E-state index < -0.39 is 0 Å². The van der Waals surface area contributed by atoms with Gasteiger partial charge in [-0.1, -0.05) is 26.7 Å². The molecule has 2 aliphatic rings. The molecule has 2 rings (SSSR count). The van der Waals surface area contributed by atoms with Gasteiger partial charge in [-0.3, -0.25) is 0 Å². The zero-order valence-electron chi connectivity index (χ0n) is 10.9. The number of nitrogens with zero attached hydrogens (tertiary/aromatic N) is 1. The maximum Gasteiger partial charge on any atom is 0.0700 e. The van der Waals surface area contributed by atoms with E-state index in [4.69, 9.17) is 0 Å². The van der Waals surface area contributed by atoms with Gasteiger partial charge in [-0.15, -0.1) is 0 Å². The fraction of sp³-hybridized carbons (Fsp3) is 1.00. The molecule has 0 unspecified atom stereocenters. The predicted molar refractivity (Wildman–Crippen MR) is 67.4 cm³/mol. The number of likely N-dealkylation sites (tertiary alicyclic amines) is 1. The third-order valence-corrected chi connectivity index (χ3v) is 4.46. The number of hydrogen-bond donors (Lipinski definition) is 1. The van der Waals surface area contributed by atoms with E-state index >= 15 is 0 Å². The summed E-state index contributed by atoms with van der Waals surface area (Å²) in [4.78, 5) is 2.52. The van der Waals surface area contributed by atoms with Gasteiger partial charge in [0.2, 0.25) is 0 Å².